The zero-order chi connectivity index (χ0) is 15.9. The van der Waals surface area contributed by atoms with Crippen LogP contribution >= 0.6 is 0 Å². The number of piperidine rings is 1. The minimum atomic E-state index is -0.0545. The molecule has 0 unspecified atom stereocenters. The highest BCUT2D eigenvalue weighted by Gasteiger charge is 2.26. The maximum Gasteiger partial charge on any atom is 0.309 e. The molecule has 1 aliphatic rings. The Bertz CT molecular complexity index is 495. The van der Waals surface area contributed by atoms with Crippen molar-refractivity contribution < 1.29 is 19.0 Å². The summed E-state index contributed by atoms with van der Waals surface area (Å²) in [5, 5.41) is 0. The quantitative estimate of drug-likeness (QED) is 0.756. The van der Waals surface area contributed by atoms with Gasteiger partial charge in [-0.3, -0.25) is 9.69 Å². The van der Waals surface area contributed by atoms with Crippen LogP contribution in [0, 0.1) is 5.92 Å². The lowest BCUT2D eigenvalue weighted by Crippen LogP contribution is -2.36. The zero-order valence-electron chi connectivity index (χ0n) is 13.6. The van der Waals surface area contributed by atoms with Gasteiger partial charge in [-0.25, -0.2) is 0 Å². The highest BCUT2D eigenvalue weighted by molar-refractivity contribution is 5.72. The number of carbonyl (C=O) groups is 1. The molecular weight excluding hydrogens is 282 g/mol. The van der Waals surface area contributed by atoms with Gasteiger partial charge in [-0.1, -0.05) is 0 Å². The minimum absolute atomic E-state index is 0.0448. The van der Waals surface area contributed by atoms with Crippen molar-refractivity contribution in [2.45, 2.75) is 26.3 Å². The molecule has 22 heavy (non-hydrogen) atoms. The van der Waals surface area contributed by atoms with E-state index < -0.39 is 0 Å². The summed E-state index contributed by atoms with van der Waals surface area (Å²) in [6.07, 6.45) is 1.70. The highest BCUT2D eigenvalue weighted by Crippen LogP contribution is 2.27. The maximum atomic E-state index is 11.8. The standard InChI is InChI=1S/C17H25NO4/c1-4-22-17(19)13-7-9-18(10-8-13)12-14-11-15(20-2)5-6-16(14)21-3/h5-6,11,13H,4,7-10,12H2,1-3H3. The molecule has 122 valence electrons. The van der Waals surface area contributed by atoms with Crippen molar-refractivity contribution in [1.29, 1.82) is 0 Å². The maximum absolute atomic E-state index is 11.8. The van der Waals surface area contributed by atoms with E-state index in [9.17, 15) is 4.79 Å². The Morgan fingerprint density at radius 1 is 1.23 bits per heavy atom. The molecule has 2 rings (SSSR count). The minimum Gasteiger partial charge on any atom is -0.497 e. The van der Waals surface area contributed by atoms with Crippen molar-refractivity contribution >= 4 is 5.97 Å². The summed E-state index contributed by atoms with van der Waals surface area (Å²) in [5.41, 5.74) is 1.11. The van der Waals surface area contributed by atoms with E-state index in [-0.39, 0.29) is 11.9 Å². The van der Waals surface area contributed by atoms with Gasteiger partial charge in [0, 0.05) is 12.1 Å². The van der Waals surface area contributed by atoms with Gasteiger partial charge in [0.25, 0.3) is 0 Å². The second-order valence-electron chi connectivity index (χ2n) is 5.48. The third-order valence-electron chi connectivity index (χ3n) is 4.09. The first-order valence-corrected chi connectivity index (χ1v) is 7.77. The molecular formula is C17H25NO4. The van der Waals surface area contributed by atoms with Gasteiger partial charge < -0.3 is 14.2 Å². The van der Waals surface area contributed by atoms with Crippen molar-refractivity contribution in [1.82, 2.24) is 4.90 Å². The SMILES string of the molecule is CCOC(=O)C1CCN(Cc2cc(OC)ccc2OC)CC1. The summed E-state index contributed by atoms with van der Waals surface area (Å²) >= 11 is 0. The van der Waals surface area contributed by atoms with Crippen LogP contribution in [-0.4, -0.2) is 44.8 Å². The van der Waals surface area contributed by atoms with Crippen LogP contribution in [0.4, 0.5) is 0 Å². The fourth-order valence-corrected chi connectivity index (χ4v) is 2.83. The highest BCUT2D eigenvalue weighted by atomic mass is 16.5. The van der Waals surface area contributed by atoms with Crippen LogP contribution in [0.2, 0.25) is 0 Å². The summed E-state index contributed by atoms with van der Waals surface area (Å²) in [7, 11) is 3.34. The monoisotopic (exact) mass is 307 g/mol. The Hall–Kier alpha value is -1.75. The average molecular weight is 307 g/mol. The summed E-state index contributed by atoms with van der Waals surface area (Å²) in [4.78, 5) is 14.1. The Morgan fingerprint density at radius 2 is 1.95 bits per heavy atom. The van der Waals surface area contributed by atoms with Crippen LogP contribution in [0.5, 0.6) is 11.5 Å². The molecule has 5 heteroatoms. The van der Waals surface area contributed by atoms with E-state index in [2.05, 4.69) is 4.90 Å². The van der Waals surface area contributed by atoms with E-state index in [1.165, 1.54) is 0 Å². The molecule has 0 aromatic heterocycles. The summed E-state index contributed by atoms with van der Waals surface area (Å²) in [5.74, 6) is 1.69. The van der Waals surface area contributed by atoms with Crippen molar-refractivity contribution in [3.63, 3.8) is 0 Å². The van der Waals surface area contributed by atoms with Gasteiger partial charge in [0.1, 0.15) is 11.5 Å². The van der Waals surface area contributed by atoms with Gasteiger partial charge in [-0.05, 0) is 51.1 Å². The van der Waals surface area contributed by atoms with E-state index >= 15 is 0 Å². The molecule has 0 spiro atoms. The van der Waals surface area contributed by atoms with Gasteiger partial charge in [-0.15, -0.1) is 0 Å². The van der Waals surface area contributed by atoms with Crippen LogP contribution in [0.15, 0.2) is 18.2 Å². The van der Waals surface area contributed by atoms with Crippen molar-refractivity contribution in [3.8, 4) is 11.5 Å². The van der Waals surface area contributed by atoms with E-state index in [1.54, 1.807) is 14.2 Å². The Morgan fingerprint density at radius 3 is 2.55 bits per heavy atom. The number of methoxy groups -OCH3 is 2. The van der Waals surface area contributed by atoms with Crippen molar-refractivity contribution in [3.05, 3.63) is 23.8 Å². The average Bonchev–Trinajstić information content (AvgIpc) is 2.55. The molecule has 0 amide bonds. The fraction of sp³-hybridized carbons (Fsp3) is 0.588. The van der Waals surface area contributed by atoms with Gasteiger partial charge in [0.15, 0.2) is 0 Å². The van der Waals surface area contributed by atoms with Crippen LogP contribution in [0.25, 0.3) is 0 Å². The van der Waals surface area contributed by atoms with E-state index in [0.717, 1.165) is 49.5 Å². The number of carbonyl (C=O) groups excluding carboxylic acids is 1. The number of hydrogen-bond acceptors (Lipinski definition) is 5. The molecule has 1 heterocycles. The van der Waals surface area contributed by atoms with E-state index in [0.29, 0.717) is 6.61 Å². The number of esters is 1. The van der Waals surface area contributed by atoms with Gasteiger partial charge in [-0.2, -0.15) is 0 Å². The van der Waals surface area contributed by atoms with Gasteiger partial charge in [0.2, 0.25) is 0 Å². The predicted octanol–water partition coefficient (Wildman–Crippen LogP) is 2.48. The van der Waals surface area contributed by atoms with E-state index in [1.807, 2.05) is 25.1 Å². The lowest BCUT2D eigenvalue weighted by molar-refractivity contribution is -0.149. The number of nitrogens with zero attached hydrogens (tertiary/aromatic N) is 1. The Labute approximate surface area is 132 Å². The molecule has 0 radical (unpaired) electrons. The molecule has 5 nitrogen and oxygen atoms in total. The van der Waals surface area contributed by atoms with Gasteiger partial charge in [0.05, 0.1) is 26.7 Å². The Kier molecular flexibility index (Phi) is 6.07. The molecule has 0 saturated carbocycles. The summed E-state index contributed by atoms with van der Waals surface area (Å²) in [6.45, 7) is 4.89. The smallest absolute Gasteiger partial charge is 0.309 e. The molecule has 1 aromatic rings. The lowest BCUT2D eigenvalue weighted by atomic mass is 9.96. The number of hydrogen-bond donors (Lipinski definition) is 0. The molecule has 1 aliphatic heterocycles. The zero-order valence-corrected chi connectivity index (χ0v) is 13.6. The predicted molar refractivity (Wildman–Crippen MR) is 84.2 cm³/mol. The second-order valence-corrected chi connectivity index (χ2v) is 5.48. The first-order valence-electron chi connectivity index (χ1n) is 7.77. The molecule has 0 bridgehead atoms. The van der Waals surface area contributed by atoms with Crippen molar-refractivity contribution in [2.75, 3.05) is 33.9 Å². The number of ether oxygens (including phenoxy) is 3. The Balaban J connectivity index is 1.94. The summed E-state index contributed by atoms with van der Waals surface area (Å²) < 4.78 is 15.8. The van der Waals surface area contributed by atoms with Crippen LogP contribution in [0.1, 0.15) is 25.3 Å². The van der Waals surface area contributed by atoms with E-state index in [4.69, 9.17) is 14.2 Å². The second kappa shape index (κ2) is 8.03. The van der Waals surface area contributed by atoms with Crippen LogP contribution < -0.4 is 9.47 Å². The van der Waals surface area contributed by atoms with Crippen LogP contribution in [0.3, 0.4) is 0 Å². The number of likely N-dealkylation sites (tertiary alicyclic amines) is 1. The van der Waals surface area contributed by atoms with Crippen molar-refractivity contribution in [2.24, 2.45) is 5.92 Å². The fourth-order valence-electron chi connectivity index (χ4n) is 2.83. The topological polar surface area (TPSA) is 48.0 Å². The third kappa shape index (κ3) is 4.13. The molecule has 0 aliphatic carbocycles. The van der Waals surface area contributed by atoms with Crippen LogP contribution in [-0.2, 0) is 16.1 Å². The molecule has 0 N–H and O–H groups in total. The molecule has 1 aromatic carbocycles. The first-order chi connectivity index (χ1) is 10.7. The number of benzene rings is 1. The first kappa shape index (κ1) is 16.6. The third-order valence-corrected chi connectivity index (χ3v) is 4.09. The molecule has 1 fully saturated rings. The summed E-state index contributed by atoms with van der Waals surface area (Å²) in [6, 6.07) is 5.84. The lowest BCUT2D eigenvalue weighted by Gasteiger charge is -2.31. The number of rotatable bonds is 6. The normalized spacial score (nSPS) is 16.3. The molecule has 0 atom stereocenters. The van der Waals surface area contributed by atoms with Gasteiger partial charge >= 0.3 is 5.97 Å². The molecule has 1 saturated heterocycles. The largest absolute Gasteiger partial charge is 0.497 e.